The van der Waals surface area contributed by atoms with E-state index in [2.05, 4.69) is 22.3 Å². The number of aryl methyl sites for hydroxylation is 2. The summed E-state index contributed by atoms with van der Waals surface area (Å²) in [5.74, 6) is 0. The third-order valence-electron chi connectivity index (χ3n) is 4.18. The second-order valence-corrected chi connectivity index (χ2v) is 9.60. The highest BCUT2D eigenvalue weighted by molar-refractivity contribution is 7.92. The van der Waals surface area contributed by atoms with Gasteiger partial charge < -0.3 is 5.32 Å². The third kappa shape index (κ3) is 3.61. The first-order chi connectivity index (χ1) is 11.0. The Hall–Kier alpha value is -1.89. The lowest BCUT2D eigenvalue weighted by Gasteiger charge is -2.18. The molecule has 0 atom stereocenters. The van der Waals surface area contributed by atoms with Gasteiger partial charge in [-0.1, -0.05) is 0 Å². The Morgan fingerprint density at radius 1 is 1.21 bits per heavy atom. The molecule has 132 valence electrons. The number of hydrogen-bond acceptors (Lipinski definition) is 5. The molecule has 0 aromatic carbocycles. The summed E-state index contributed by atoms with van der Waals surface area (Å²) >= 11 is 0. The number of pyridine rings is 1. The van der Waals surface area contributed by atoms with Gasteiger partial charge in [-0.3, -0.25) is 4.68 Å². The molecule has 6 nitrogen and oxygen atoms in total. The number of nitrogens with zero attached hydrogens (tertiary/aromatic N) is 3. The van der Waals surface area contributed by atoms with E-state index in [-0.39, 0.29) is 5.03 Å². The third-order valence-corrected chi connectivity index (χ3v) is 6.59. The Labute approximate surface area is 144 Å². The molecule has 0 unspecified atom stereocenters. The lowest BCUT2D eigenvalue weighted by molar-refractivity contribution is 0.556. The fourth-order valence-corrected chi connectivity index (χ4v) is 3.53. The average molecular weight is 350 g/mol. The Kier molecular flexibility index (Phi) is 5.03. The fraction of sp³-hybridized carbons (Fsp3) is 0.529. The molecule has 2 aromatic heterocycles. The summed E-state index contributed by atoms with van der Waals surface area (Å²) in [6, 6.07) is 3.32. The molecule has 0 saturated heterocycles. The Bertz CT molecular complexity index is 816. The van der Waals surface area contributed by atoms with Crippen molar-refractivity contribution >= 4 is 15.5 Å². The van der Waals surface area contributed by atoms with Crippen molar-refractivity contribution in [1.82, 2.24) is 14.8 Å². The van der Waals surface area contributed by atoms with Gasteiger partial charge in [0.2, 0.25) is 0 Å². The lowest BCUT2D eigenvalue weighted by Crippen LogP contribution is -2.28. The van der Waals surface area contributed by atoms with Crippen molar-refractivity contribution in [3.63, 3.8) is 0 Å². The highest BCUT2D eigenvalue weighted by atomic mass is 32.2. The predicted octanol–water partition coefficient (Wildman–Crippen LogP) is 2.66. The van der Waals surface area contributed by atoms with Crippen LogP contribution in [0.25, 0.3) is 0 Å². The summed E-state index contributed by atoms with van der Waals surface area (Å²) in [6.45, 7) is 9.83. The van der Waals surface area contributed by atoms with Crippen molar-refractivity contribution < 1.29 is 8.42 Å². The van der Waals surface area contributed by atoms with E-state index in [0.717, 1.165) is 24.3 Å². The lowest BCUT2D eigenvalue weighted by atomic mass is 10.1. The van der Waals surface area contributed by atoms with E-state index < -0.39 is 14.6 Å². The number of aromatic nitrogens is 3. The van der Waals surface area contributed by atoms with E-state index in [1.54, 1.807) is 39.1 Å². The Morgan fingerprint density at radius 2 is 1.88 bits per heavy atom. The molecule has 0 amide bonds. The van der Waals surface area contributed by atoms with Gasteiger partial charge in [-0.2, -0.15) is 5.10 Å². The van der Waals surface area contributed by atoms with Gasteiger partial charge in [0, 0.05) is 19.3 Å². The smallest absolute Gasteiger partial charge is 0.200 e. The van der Waals surface area contributed by atoms with Crippen molar-refractivity contribution in [2.45, 2.75) is 50.8 Å². The van der Waals surface area contributed by atoms with Gasteiger partial charge in [0.1, 0.15) is 0 Å². The van der Waals surface area contributed by atoms with Crippen molar-refractivity contribution in [3.8, 4) is 0 Å². The minimum absolute atomic E-state index is 0.111. The molecule has 0 radical (unpaired) electrons. The van der Waals surface area contributed by atoms with Gasteiger partial charge in [-0.25, -0.2) is 13.4 Å². The van der Waals surface area contributed by atoms with Crippen LogP contribution >= 0.6 is 0 Å². The van der Waals surface area contributed by atoms with Crippen LogP contribution < -0.4 is 5.32 Å². The highest BCUT2D eigenvalue weighted by Gasteiger charge is 2.31. The number of anilines is 1. The second kappa shape index (κ2) is 6.55. The van der Waals surface area contributed by atoms with Crippen LogP contribution in [0.15, 0.2) is 23.4 Å². The molecule has 0 aliphatic rings. The topological polar surface area (TPSA) is 76.9 Å². The zero-order valence-electron chi connectivity index (χ0n) is 15.2. The zero-order chi connectivity index (χ0) is 18.1. The minimum atomic E-state index is -3.42. The first-order valence-corrected chi connectivity index (χ1v) is 9.46. The van der Waals surface area contributed by atoms with Crippen LogP contribution in [0.5, 0.6) is 0 Å². The largest absolute Gasteiger partial charge is 0.383 e. The van der Waals surface area contributed by atoms with E-state index in [9.17, 15) is 8.42 Å². The molecular weight excluding hydrogens is 324 g/mol. The van der Waals surface area contributed by atoms with Crippen LogP contribution in [0.3, 0.4) is 0 Å². The standard InChI is InChI=1S/C17H26N4O2S/c1-12-15(13(2)21(6)20-12)9-10-18-14-7-8-16(19-11-14)24(22,23)17(3,4)5/h7-8,11,18H,9-10H2,1-6H3. The maximum absolute atomic E-state index is 12.3. The fourth-order valence-electron chi connectivity index (χ4n) is 2.47. The van der Waals surface area contributed by atoms with Gasteiger partial charge in [-0.15, -0.1) is 0 Å². The summed E-state index contributed by atoms with van der Waals surface area (Å²) in [5, 5.41) is 7.80. The molecule has 2 heterocycles. The van der Waals surface area contributed by atoms with E-state index in [4.69, 9.17) is 0 Å². The van der Waals surface area contributed by atoms with Gasteiger partial charge in [0.15, 0.2) is 14.9 Å². The van der Waals surface area contributed by atoms with E-state index in [1.807, 2.05) is 18.7 Å². The molecule has 1 N–H and O–H groups in total. The molecule has 0 bridgehead atoms. The SMILES string of the molecule is Cc1nn(C)c(C)c1CCNc1ccc(S(=O)(=O)C(C)(C)C)nc1. The highest BCUT2D eigenvalue weighted by Crippen LogP contribution is 2.23. The molecule has 2 aromatic rings. The molecular formula is C17H26N4O2S. The van der Waals surface area contributed by atoms with Crippen LogP contribution in [0.1, 0.15) is 37.7 Å². The summed E-state index contributed by atoms with van der Waals surface area (Å²) in [5.41, 5.74) is 4.26. The predicted molar refractivity (Wildman–Crippen MR) is 96.1 cm³/mol. The van der Waals surface area contributed by atoms with E-state index >= 15 is 0 Å². The maximum Gasteiger partial charge on any atom is 0.200 e. The summed E-state index contributed by atoms with van der Waals surface area (Å²) in [4.78, 5) is 4.11. The number of rotatable bonds is 5. The molecule has 24 heavy (non-hydrogen) atoms. The second-order valence-electron chi connectivity index (χ2n) is 6.95. The van der Waals surface area contributed by atoms with Gasteiger partial charge in [0.05, 0.1) is 22.3 Å². The van der Waals surface area contributed by atoms with Crippen LogP contribution in [0, 0.1) is 13.8 Å². The maximum atomic E-state index is 12.3. The molecule has 0 aliphatic heterocycles. The summed E-state index contributed by atoms with van der Waals surface area (Å²) < 4.78 is 25.7. The first-order valence-electron chi connectivity index (χ1n) is 7.97. The Morgan fingerprint density at radius 3 is 2.33 bits per heavy atom. The summed E-state index contributed by atoms with van der Waals surface area (Å²) in [7, 11) is -1.47. The number of nitrogens with one attached hydrogen (secondary N) is 1. The molecule has 0 fully saturated rings. The normalized spacial score (nSPS) is 12.4. The summed E-state index contributed by atoms with van der Waals surface area (Å²) in [6.07, 6.45) is 2.43. The van der Waals surface area contributed by atoms with E-state index in [0.29, 0.717) is 0 Å². The Balaban J connectivity index is 2.03. The van der Waals surface area contributed by atoms with Gasteiger partial charge in [-0.05, 0) is 58.7 Å². The molecule has 0 aliphatic carbocycles. The van der Waals surface area contributed by atoms with Crippen molar-refractivity contribution in [3.05, 3.63) is 35.3 Å². The minimum Gasteiger partial charge on any atom is -0.383 e. The van der Waals surface area contributed by atoms with Crippen molar-refractivity contribution in [1.29, 1.82) is 0 Å². The van der Waals surface area contributed by atoms with Gasteiger partial charge in [0.25, 0.3) is 0 Å². The van der Waals surface area contributed by atoms with Crippen LogP contribution in [-0.2, 0) is 23.3 Å². The molecule has 0 spiro atoms. The number of hydrogen-bond donors (Lipinski definition) is 1. The molecule has 2 rings (SSSR count). The average Bonchev–Trinajstić information content (AvgIpc) is 2.73. The molecule has 0 saturated carbocycles. The zero-order valence-corrected chi connectivity index (χ0v) is 16.0. The van der Waals surface area contributed by atoms with E-state index in [1.165, 1.54) is 11.3 Å². The monoisotopic (exact) mass is 350 g/mol. The quantitative estimate of drug-likeness (QED) is 0.897. The first kappa shape index (κ1) is 18.4. The van der Waals surface area contributed by atoms with Crippen molar-refractivity contribution in [2.24, 2.45) is 7.05 Å². The van der Waals surface area contributed by atoms with Crippen LogP contribution in [0.4, 0.5) is 5.69 Å². The van der Waals surface area contributed by atoms with Crippen LogP contribution in [-0.4, -0.2) is 34.5 Å². The van der Waals surface area contributed by atoms with Crippen molar-refractivity contribution in [2.75, 3.05) is 11.9 Å². The number of sulfone groups is 1. The van der Waals surface area contributed by atoms with Gasteiger partial charge >= 0.3 is 0 Å². The molecule has 7 heteroatoms. The van der Waals surface area contributed by atoms with Crippen LogP contribution in [0.2, 0.25) is 0 Å².